The van der Waals surface area contributed by atoms with Gasteiger partial charge in [0.25, 0.3) is 5.91 Å². The van der Waals surface area contributed by atoms with Crippen LogP contribution in [0.1, 0.15) is 29.4 Å². The summed E-state index contributed by atoms with van der Waals surface area (Å²) in [5, 5.41) is 14.1. The normalized spacial score (nSPS) is 17.2. The average molecular weight is 509 g/mol. The van der Waals surface area contributed by atoms with Gasteiger partial charge in [0.15, 0.2) is 11.5 Å². The van der Waals surface area contributed by atoms with Gasteiger partial charge in [-0.05, 0) is 36.8 Å². The SMILES string of the molecule is COc1cc(C2/C(=C(\[O-])c3c(C)nc4ccccn34)C(=O)C(=O)N2CCC[NH+](C)C)cc(OC)c1OC. The van der Waals surface area contributed by atoms with E-state index in [9.17, 15) is 14.7 Å². The molecule has 0 bridgehead atoms. The molecule has 3 heterocycles. The number of likely N-dealkylation sites (tertiary alicyclic amines) is 1. The van der Waals surface area contributed by atoms with E-state index in [0.717, 1.165) is 6.54 Å². The number of rotatable bonds is 9. The number of nitrogens with one attached hydrogen (secondary N) is 1. The summed E-state index contributed by atoms with van der Waals surface area (Å²) in [6, 6.07) is 7.81. The summed E-state index contributed by atoms with van der Waals surface area (Å²) in [5.41, 5.74) is 1.70. The molecule has 1 saturated heterocycles. The fourth-order valence-corrected chi connectivity index (χ4v) is 4.82. The summed E-state index contributed by atoms with van der Waals surface area (Å²) >= 11 is 0. The number of hydrogen-bond acceptors (Lipinski definition) is 7. The molecule has 1 amide bonds. The molecule has 1 aromatic carbocycles. The third-order valence-corrected chi connectivity index (χ3v) is 6.53. The molecule has 0 radical (unpaired) electrons. The zero-order chi connectivity index (χ0) is 26.9. The maximum absolute atomic E-state index is 14.1. The summed E-state index contributed by atoms with van der Waals surface area (Å²) in [7, 11) is 8.50. The molecule has 37 heavy (non-hydrogen) atoms. The van der Waals surface area contributed by atoms with Crippen molar-refractivity contribution < 1.29 is 33.8 Å². The minimum absolute atomic E-state index is 0.120. The quantitative estimate of drug-likeness (QED) is 0.254. The van der Waals surface area contributed by atoms with Crippen LogP contribution in [0, 0.1) is 6.92 Å². The van der Waals surface area contributed by atoms with Gasteiger partial charge in [0, 0.05) is 24.7 Å². The number of carbonyl (C=O) groups is 2. The Bertz CT molecular complexity index is 1350. The second kappa shape index (κ2) is 10.5. The molecule has 0 saturated carbocycles. The predicted molar refractivity (Wildman–Crippen MR) is 135 cm³/mol. The summed E-state index contributed by atoms with van der Waals surface area (Å²) in [6.45, 7) is 2.81. The Labute approximate surface area is 215 Å². The van der Waals surface area contributed by atoms with Crippen molar-refractivity contribution in [3.05, 3.63) is 59.1 Å². The average Bonchev–Trinajstić information content (AvgIpc) is 3.35. The number of fused-ring (bicyclic) bond motifs is 1. The second-order valence-electron chi connectivity index (χ2n) is 9.22. The Balaban J connectivity index is 1.95. The van der Waals surface area contributed by atoms with E-state index in [1.165, 1.54) is 31.1 Å². The van der Waals surface area contributed by atoms with E-state index >= 15 is 0 Å². The monoisotopic (exact) mass is 508 g/mol. The van der Waals surface area contributed by atoms with Crippen molar-refractivity contribution >= 4 is 23.1 Å². The van der Waals surface area contributed by atoms with Crippen LogP contribution in [0.4, 0.5) is 0 Å². The lowest BCUT2D eigenvalue weighted by Gasteiger charge is -2.28. The van der Waals surface area contributed by atoms with Crippen molar-refractivity contribution in [2.75, 3.05) is 48.5 Å². The van der Waals surface area contributed by atoms with Crippen LogP contribution in [0.2, 0.25) is 0 Å². The van der Waals surface area contributed by atoms with Crippen molar-refractivity contribution in [3.63, 3.8) is 0 Å². The molecule has 10 heteroatoms. The standard InChI is InChI=1S/C27H32N4O6/c1-16-22(30-12-8-7-10-20(30)28-16)24(32)21-23(31(27(34)25(21)33)13-9-11-29(2)3)17-14-18(35-4)26(37-6)19(15-17)36-5/h7-8,10,12,14-15,23,32H,9,11,13H2,1-6H3/b24-21+. The maximum atomic E-state index is 14.1. The molecule has 0 aliphatic carbocycles. The minimum atomic E-state index is -0.924. The van der Waals surface area contributed by atoms with Crippen molar-refractivity contribution in [2.45, 2.75) is 19.4 Å². The summed E-state index contributed by atoms with van der Waals surface area (Å²) in [4.78, 5) is 33.9. The van der Waals surface area contributed by atoms with E-state index in [1.807, 2.05) is 20.2 Å². The number of aromatic nitrogens is 2. The van der Waals surface area contributed by atoms with Crippen LogP contribution in [0.5, 0.6) is 17.2 Å². The molecular weight excluding hydrogens is 476 g/mol. The number of nitrogens with zero attached hydrogens (tertiary/aromatic N) is 3. The number of methoxy groups -OCH3 is 3. The highest BCUT2D eigenvalue weighted by Crippen LogP contribution is 2.45. The largest absolute Gasteiger partial charge is 0.871 e. The number of Topliss-reactive ketones (excluding diaryl/α,β-unsaturated/α-hetero) is 1. The van der Waals surface area contributed by atoms with Crippen molar-refractivity contribution in [1.29, 1.82) is 0 Å². The van der Waals surface area contributed by atoms with E-state index < -0.39 is 23.5 Å². The molecule has 1 aliphatic heterocycles. The van der Waals surface area contributed by atoms with Gasteiger partial charge in [-0.25, -0.2) is 4.98 Å². The van der Waals surface area contributed by atoms with Gasteiger partial charge in [-0.15, -0.1) is 0 Å². The highest BCUT2D eigenvalue weighted by molar-refractivity contribution is 6.46. The number of imidazole rings is 1. The molecule has 1 atom stereocenters. The smallest absolute Gasteiger partial charge is 0.295 e. The third kappa shape index (κ3) is 4.60. The highest BCUT2D eigenvalue weighted by atomic mass is 16.5. The number of amides is 1. The first-order valence-electron chi connectivity index (χ1n) is 12.0. The molecule has 1 fully saturated rings. The maximum Gasteiger partial charge on any atom is 0.295 e. The molecule has 1 unspecified atom stereocenters. The van der Waals surface area contributed by atoms with Gasteiger partial charge < -0.3 is 33.5 Å². The van der Waals surface area contributed by atoms with E-state index in [1.54, 1.807) is 41.8 Å². The van der Waals surface area contributed by atoms with Crippen molar-refractivity contribution in [3.8, 4) is 17.2 Å². The Morgan fingerprint density at radius 2 is 1.76 bits per heavy atom. The molecular formula is C27H32N4O6. The van der Waals surface area contributed by atoms with Gasteiger partial charge in [0.2, 0.25) is 11.5 Å². The molecule has 2 aromatic heterocycles. The van der Waals surface area contributed by atoms with Crippen LogP contribution >= 0.6 is 0 Å². The zero-order valence-corrected chi connectivity index (χ0v) is 22.0. The Kier molecular flexibility index (Phi) is 7.40. The molecule has 0 spiro atoms. The Hall–Kier alpha value is -4.05. The number of carbonyl (C=O) groups excluding carboxylic acids is 2. The topological polar surface area (TPSA) is 110 Å². The van der Waals surface area contributed by atoms with E-state index in [-0.39, 0.29) is 11.3 Å². The number of quaternary nitrogens is 1. The van der Waals surface area contributed by atoms with Crippen molar-refractivity contribution in [2.24, 2.45) is 0 Å². The number of benzene rings is 1. The van der Waals surface area contributed by atoms with Gasteiger partial charge in [-0.1, -0.05) is 11.8 Å². The number of ketones is 1. The summed E-state index contributed by atoms with van der Waals surface area (Å²) in [5.74, 6) is -0.960. The first-order chi connectivity index (χ1) is 17.7. The summed E-state index contributed by atoms with van der Waals surface area (Å²) in [6.07, 6.45) is 2.37. The number of ether oxygens (including phenoxy) is 3. The number of hydrogen-bond donors (Lipinski definition) is 1. The highest BCUT2D eigenvalue weighted by Gasteiger charge is 2.45. The first-order valence-corrected chi connectivity index (χ1v) is 12.0. The van der Waals surface area contributed by atoms with E-state index in [2.05, 4.69) is 4.98 Å². The van der Waals surface area contributed by atoms with Gasteiger partial charge >= 0.3 is 0 Å². The molecule has 1 aliphatic rings. The first kappa shape index (κ1) is 26.0. The molecule has 10 nitrogen and oxygen atoms in total. The fraction of sp³-hybridized carbons (Fsp3) is 0.370. The lowest BCUT2D eigenvalue weighted by atomic mass is 9.95. The van der Waals surface area contributed by atoms with Gasteiger partial charge in [0.05, 0.1) is 59.4 Å². The van der Waals surface area contributed by atoms with Gasteiger partial charge in [0.1, 0.15) is 5.65 Å². The predicted octanol–water partition coefficient (Wildman–Crippen LogP) is 0.427. The van der Waals surface area contributed by atoms with Gasteiger partial charge in [-0.2, -0.15) is 0 Å². The minimum Gasteiger partial charge on any atom is -0.871 e. The molecule has 3 aromatic rings. The van der Waals surface area contributed by atoms with Crippen LogP contribution in [-0.4, -0.2) is 74.5 Å². The van der Waals surface area contributed by atoms with Gasteiger partial charge in [-0.3, -0.25) is 9.59 Å². The molecule has 4 rings (SSSR count). The van der Waals surface area contributed by atoms with Crippen molar-refractivity contribution in [1.82, 2.24) is 14.3 Å². The Morgan fingerprint density at radius 3 is 2.35 bits per heavy atom. The number of pyridine rings is 1. The summed E-state index contributed by atoms with van der Waals surface area (Å²) < 4.78 is 18.1. The van der Waals surface area contributed by atoms with Crippen LogP contribution in [0.15, 0.2) is 42.1 Å². The lowest BCUT2D eigenvalue weighted by molar-refractivity contribution is -0.858. The number of aryl methyl sites for hydroxylation is 1. The second-order valence-corrected chi connectivity index (χ2v) is 9.22. The van der Waals surface area contributed by atoms with Crippen LogP contribution in [0.3, 0.4) is 0 Å². The van der Waals surface area contributed by atoms with E-state index in [4.69, 9.17) is 14.2 Å². The fourth-order valence-electron chi connectivity index (χ4n) is 4.82. The lowest BCUT2D eigenvalue weighted by Crippen LogP contribution is -3.05. The third-order valence-electron chi connectivity index (χ3n) is 6.53. The van der Waals surface area contributed by atoms with E-state index in [0.29, 0.717) is 47.1 Å². The van der Waals surface area contributed by atoms with Crippen LogP contribution < -0.4 is 24.2 Å². The zero-order valence-electron chi connectivity index (χ0n) is 22.0. The van der Waals surface area contributed by atoms with Crippen LogP contribution in [-0.2, 0) is 9.59 Å². The molecule has 1 N–H and O–H groups in total. The Morgan fingerprint density at radius 1 is 1.08 bits per heavy atom. The van der Waals surface area contributed by atoms with Crippen LogP contribution in [0.25, 0.3) is 11.4 Å². The molecule has 196 valence electrons.